The van der Waals surface area contributed by atoms with Crippen LogP contribution < -0.4 is 0 Å². The van der Waals surface area contributed by atoms with Crippen molar-refractivity contribution in [2.45, 2.75) is 26.1 Å². The predicted molar refractivity (Wildman–Crippen MR) is 115 cm³/mol. The van der Waals surface area contributed by atoms with E-state index >= 15 is 0 Å². The standard InChI is InChI=1S/C16H30O6S4/c1-13(17)25-9-6-20-11-15(22-7-10-26-14(2)18)16(12-24)21-4-3-19-5-8-23/h15-16,23-24H,3-12H2,1-2H3. The lowest BCUT2D eigenvalue weighted by Gasteiger charge is -2.26. The van der Waals surface area contributed by atoms with Gasteiger partial charge in [0.15, 0.2) is 10.2 Å². The Labute approximate surface area is 176 Å². The van der Waals surface area contributed by atoms with Gasteiger partial charge < -0.3 is 18.9 Å². The Balaban J connectivity index is 4.30. The molecule has 0 saturated heterocycles. The SMILES string of the molecule is CC(=O)SCCOCC(OCCSC(C)=O)C(CS)OCCOCCS. The molecule has 0 spiro atoms. The fourth-order valence-electron chi connectivity index (χ4n) is 1.79. The molecule has 0 N–H and O–H groups in total. The molecule has 0 aliphatic heterocycles. The van der Waals surface area contributed by atoms with E-state index in [1.54, 1.807) is 0 Å². The smallest absolute Gasteiger partial charge is 0.185 e. The van der Waals surface area contributed by atoms with Crippen LogP contribution in [0.1, 0.15) is 13.8 Å². The van der Waals surface area contributed by atoms with Gasteiger partial charge in [-0.15, -0.1) is 0 Å². The van der Waals surface area contributed by atoms with Crippen LogP contribution in [0.5, 0.6) is 0 Å². The zero-order valence-corrected chi connectivity index (χ0v) is 18.8. The molecule has 2 atom stereocenters. The third kappa shape index (κ3) is 16.7. The largest absolute Gasteiger partial charge is 0.378 e. The molecule has 0 radical (unpaired) electrons. The number of ether oxygens (including phenoxy) is 4. The lowest BCUT2D eigenvalue weighted by atomic mass is 10.2. The van der Waals surface area contributed by atoms with Gasteiger partial charge in [-0.3, -0.25) is 9.59 Å². The number of hydrogen-bond donors (Lipinski definition) is 2. The molecule has 0 aromatic rings. The molecule has 0 aliphatic carbocycles. The first-order chi connectivity index (χ1) is 12.5. The van der Waals surface area contributed by atoms with Crippen LogP contribution in [-0.2, 0) is 28.5 Å². The van der Waals surface area contributed by atoms with Crippen molar-refractivity contribution in [3.63, 3.8) is 0 Å². The lowest BCUT2D eigenvalue weighted by molar-refractivity contribution is -0.110. The van der Waals surface area contributed by atoms with Gasteiger partial charge in [-0.1, -0.05) is 23.5 Å². The Bertz CT molecular complexity index is 373. The summed E-state index contributed by atoms with van der Waals surface area (Å²) in [6, 6.07) is 0. The van der Waals surface area contributed by atoms with Gasteiger partial charge >= 0.3 is 0 Å². The van der Waals surface area contributed by atoms with Crippen molar-refractivity contribution in [1.82, 2.24) is 0 Å². The lowest BCUT2D eigenvalue weighted by Crippen LogP contribution is -2.38. The highest BCUT2D eigenvalue weighted by Crippen LogP contribution is 2.10. The molecule has 154 valence electrons. The van der Waals surface area contributed by atoms with E-state index < -0.39 is 0 Å². The first kappa shape index (κ1) is 26.6. The van der Waals surface area contributed by atoms with Gasteiger partial charge in [0.1, 0.15) is 6.10 Å². The van der Waals surface area contributed by atoms with Crippen molar-refractivity contribution in [1.29, 1.82) is 0 Å². The van der Waals surface area contributed by atoms with E-state index in [1.165, 1.54) is 37.4 Å². The summed E-state index contributed by atoms with van der Waals surface area (Å²) in [5, 5.41) is 0.131. The molecule has 26 heavy (non-hydrogen) atoms. The maximum absolute atomic E-state index is 11.0. The number of thiol groups is 2. The van der Waals surface area contributed by atoms with Gasteiger partial charge in [0.2, 0.25) is 0 Å². The molecule has 0 heterocycles. The minimum atomic E-state index is -0.299. The Morgan fingerprint density at radius 3 is 2.00 bits per heavy atom. The summed E-state index contributed by atoms with van der Waals surface area (Å²) in [6.07, 6.45) is -0.548. The third-order valence-electron chi connectivity index (χ3n) is 2.93. The zero-order chi connectivity index (χ0) is 19.6. The van der Waals surface area contributed by atoms with E-state index in [4.69, 9.17) is 18.9 Å². The van der Waals surface area contributed by atoms with Gasteiger partial charge in [0.25, 0.3) is 0 Å². The number of rotatable bonds is 17. The van der Waals surface area contributed by atoms with Crippen molar-refractivity contribution in [3.05, 3.63) is 0 Å². The zero-order valence-electron chi connectivity index (χ0n) is 15.4. The van der Waals surface area contributed by atoms with Crippen LogP contribution in [0, 0.1) is 0 Å². The van der Waals surface area contributed by atoms with Gasteiger partial charge in [0, 0.05) is 36.9 Å². The molecule has 0 bridgehead atoms. The highest BCUT2D eigenvalue weighted by atomic mass is 32.2. The monoisotopic (exact) mass is 446 g/mol. The van der Waals surface area contributed by atoms with Crippen molar-refractivity contribution in [2.75, 3.05) is 62.7 Å². The Kier molecular flexibility index (Phi) is 19.3. The summed E-state index contributed by atoms with van der Waals surface area (Å²) < 4.78 is 22.6. The normalized spacial score (nSPS) is 13.5. The molecule has 0 aromatic heterocycles. The predicted octanol–water partition coefficient (Wildman–Crippen LogP) is 2.21. The Hall–Kier alpha value is 0.580. The summed E-state index contributed by atoms with van der Waals surface area (Å²) >= 11 is 10.9. The fourth-order valence-corrected chi connectivity index (χ4v) is 3.22. The van der Waals surface area contributed by atoms with Crippen LogP contribution in [0.2, 0.25) is 0 Å². The van der Waals surface area contributed by atoms with Gasteiger partial charge in [-0.05, 0) is 0 Å². The molecular formula is C16H30O6S4. The molecule has 0 rings (SSSR count). The van der Waals surface area contributed by atoms with Crippen molar-refractivity contribution in [2.24, 2.45) is 0 Å². The highest BCUT2D eigenvalue weighted by molar-refractivity contribution is 8.13. The minimum absolute atomic E-state index is 0.0611. The summed E-state index contributed by atoms with van der Waals surface area (Å²) in [4.78, 5) is 21.9. The molecule has 0 amide bonds. The highest BCUT2D eigenvalue weighted by Gasteiger charge is 2.22. The molecule has 2 unspecified atom stereocenters. The quantitative estimate of drug-likeness (QED) is 0.260. The molecule has 0 aliphatic rings. The number of carbonyl (C=O) groups is 2. The van der Waals surface area contributed by atoms with Crippen LogP contribution in [0.25, 0.3) is 0 Å². The van der Waals surface area contributed by atoms with E-state index in [9.17, 15) is 9.59 Å². The number of carbonyl (C=O) groups excluding carboxylic acids is 2. The maximum Gasteiger partial charge on any atom is 0.185 e. The Morgan fingerprint density at radius 1 is 0.808 bits per heavy atom. The first-order valence-electron chi connectivity index (χ1n) is 8.38. The summed E-state index contributed by atoms with van der Waals surface area (Å²) in [7, 11) is 0. The third-order valence-corrected chi connectivity index (χ3v) is 5.02. The second-order valence-electron chi connectivity index (χ2n) is 5.09. The van der Waals surface area contributed by atoms with Gasteiger partial charge in [-0.2, -0.15) is 25.3 Å². The number of thioether (sulfide) groups is 2. The molecule has 10 heteroatoms. The minimum Gasteiger partial charge on any atom is -0.378 e. The summed E-state index contributed by atoms with van der Waals surface area (Å²) in [5.41, 5.74) is 0. The summed E-state index contributed by atoms with van der Waals surface area (Å²) in [5.74, 6) is 2.33. The van der Waals surface area contributed by atoms with Crippen LogP contribution >= 0.6 is 48.8 Å². The molecule has 6 nitrogen and oxygen atoms in total. The van der Waals surface area contributed by atoms with Crippen molar-refractivity contribution < 1.29 is 28.5 Å². The summed E-state index contributed by atoms with van der Waals surface area (Å²) in [6.45, 7) is 5.77. The molecule has 0 aromatic carbocycles. The maximum atomic E-state index is 11.0. The fraction of sp³-hybridized carbons (Fsp3) is 0.875. The number of hydrogen-bond acceptors (Lipinski definition) is 10. The second kappa shape index (κ2) is 18.9. The van der Waals surface area contributed by atoms with Crippen molar-refractivity contribution in [3.8, 4) is 0 Å². The van der Waals surface area contributed by atoms with E-state index in [2.05, 4.69) is 25.3 Å². The van der Waals surface area contributed by atoms with E-state index in [0.29, 0.717) is 62.7 Å². The topological polar surface area (TPSA) is 71.1 Å². The van der Waals surface area contributed by atoms with Crippen LogP contribution in [-0.4, -0.2) is 85.1 Å². The van der Waals surface area contributed by atoms with Crippen LogP contribution in [0.3, 0.4) is 0 Å². The van der Waals surface area contributed by atoms with Crippen LogP contribution in [0.15, 0.2) is 0 Å². The van der Waals surface area contributed by atoms with Crippen molar-refractivity contribution >= 4 is 59.0 Å². The van der Waals surface area contributed by atoms with E-state index in [0.717, 1.165) is 0 Å². The first-order valence-corrected chi connectivity index (χ1v) is 11.6. The molecule has 0 saturated carbocycles. The average molecular weight is 447 g/mol. The van der Waals surface area contributed by atoms with E-state index in [-0.39, 0.29) is 22.4 Å². The second-order valence-corrected chi connectivity index (χ2v) is 8.45. The van der Waals surface area contributed by atoms with E-state index in [1.807, 2.05) is 0 Å². The Morgan fingerprint density at radius 2 is 1.42 bits per heavy atom. The van der Waals surface area contributed by atoms with Gasteiger partial charge in [-0.25, -0.2) is 0 Å². The molecule has 0 fully saturated rings. The van der Waals surface area contributed by atoms with Gasteiger partial charge in [0.05, 0.1) is 45.7 Å². The molecular weight excluding hydrogens is 416 g/mol. The van der Waals surface area contributed by atoms with Crippen LogP contribution in [0.4, 0.5) is 0 Å². The average Bonchev–Trinajstić information content (AvgIpc) is 2.59.